The highest BCUT2D eigenvalue weighted by atomic mass is 19.2. The fourth-order valence-corrected chi connectivity index (χ4v) is 1.64. The fourth-order valence-electron chi connectivity index (χ4n) is 1.64. The van der Waals surface area contributed by atoms with E-state index >= 15 is 0 Å². The van der Waals surface area contributed by atoms with Crippen LogP contribution in [0.5, 0.6) is 0 Å². The third kappa shape index (κ3) is 3.47. The van der Waals surface area contributed by atoms with Crippen LogP contribution in [-0.4, -0.2) is 11.1 Å². The standard InChI is InChI=1S/C12H13F3O2/c1-7(3-2-4-10(16)17)8-5-6-9(13)12(15)11(8)14/h5-7H,2-4H2,1H3,(H,16,17). The average Bonchev–Trinajstić information content (AvgIpc) is 2.25. The summed E-state index contributed by atoms with van der Waals surface area (Å²) in [4.78, 5) is 10.3. The summed E-state index contributed by atoms with van der Waals surface area (Å²) in [6.45, 7) is 1.65. The van der Waals surface area contributed by atoms with E-state index in [4.69, 9.17) is 5.11 Å². The molecule has 1 unspecified atom stereocenters. The summed E-state index contributed by atoms with van der Waals surface area (Å²) in [5, 5.41) is 8.45. The first-order valence-electron chi connectivity index (χ1n) is 5.28. The number of carboxylic acids is 1. The van der Waals surface area contributed by atoms with Gasteiger partial charge in [-0.15, -0.1) is 0 Å². The summed E-state index contributed by atoms with van der Waals surface area (Å²) in [5.74, 6) is -5.16. The van der Waals surface area contributed by atoms with E-state index in [9.17, 15) is 18.0 Å². The molecule has 0 aliphatic carbocycles. The lowest BCUT2D eigenvalue weighted by Crippen LogP contribution is -2.03. The van der Waals surface area contributed by atoms with Gasteiger partial charge in [0.2, 0.25) is 0 Å². The molecule has 0 saturated heterocycles. The van der Waals surface area contributed by atoms with Crippen molar-refractivity contribution in [2.24, 2.45) is 0 Å². The summed E-state index contributed by atoms with van der Waals surface area (Å²) in [6.07, 6.45) is 0.763. The molecule has 1 aromatic rings. The maximum Gasteiger partial charge on any atom is 0.303 e. The lowest BCUT2D eigenvalue weighted by Gasteiger charge is -2.12. The van der Waals surface area contributed by atoms with Crippen LogP contribution in [0.3, 0.4) is 0 Å². The number of rotatable bonds is 5. The summed E-state index contributed by atoms with van der Waals surface area (Å²) in [5.41, 5.74) is 0.0780. The van der Waals surface area contributed by atoms with Gasteiger partial charge in [-0.1, -0.05) is 13.0 Å². The van der Waals surface area contributed by atoms with E-state index in [0.717, 1.165) is 6.07 Å². The van der Waals surface area contributed by atoms with Crippen LogP contribution in [0, 0.1) is 17.5 Å². The van der Waals surface area contributed by atoms with Crippen LogP contribution in [0.4, 0.5) is 13.2 Å². The normalized spacial score (nSPS) is 12.5. The molecule has 0 heterocycles. The second-order valence-electron chi connectivity index (χ2n) is 3.95. The van der Waals surface area contributed by atoms with Crippen molar-refractivity contribution in [3.8, 4) is 0 Å². The molecule has 0 amide bonds. The van der Waals surface area contributed by atoms with Gasteiger partial charge in [-0.3, -0.25) is 4.79 Å². The molecule has 94 valence electrons. The minimum absolute atomic E-state index is 0.0182. The van der Waals surface area contributed by atoms with Crippen molar-refractivity contribution in [2.75, 3.05) is 0 Å². The maximum atomic E-state index is 13.4. The average molecular weight is 246 g/mol. The second kappa shape index (κ2) is 5.70. The van der Waals surface area contributed by atoms with Crippen LogP contribution in [0.25, 0.3) is 0 Å². The van der Waals surface area contributed by atoms with Gasteiger partial charge in [0.25, 0.3) is 0 Å². The molecular weight excluding hydrogens is 233 g/mol. The van der Waals surface area contributed by atoms with E-state index in [0.29, 0.717) is 12.8 Å². The third-order valence-corrected chi connectivity index (χ3v) is 2.62. The first-order valence-corrected chi connectivity index (χ1v) is 5.28. The summed E-state index contributed by atoms with van der Waals surface area (Å²) >= 11 is 0. The zero-order valence-corrected chi connectivity index (χ0v) is 9.34. The Morgan fingerprint density at radius 1 is 1.29 bits per heavy atom. The van der Waals surface area contributed by atoms with Crippen molar-refractivity contribution in [1.82, 2.24) is 0 Å². The second-order valence-corrected chi connectivity index (χ2v) is 3.95. The molecule has 17 heavy (non-hydrogen) atoms. The van der Waals surface area contributed by atoms with E-state index in [-0.39, 0.29) is 17.9 Å². The molecule has 1 aromatic carbocycles. The predicted molar refractivity (Wildman–Crippen MR) is 56.2 cm³/mol. The first-order chi connectivity index (χ1) is 7.93. The first kappa shape index (κ1) is 13.5. The van der Waals surface area contributed by atoms with E-state index in [1.165, 1.54) is 6.07 Å². The lowest BCUT2D eigenvalue weighted by molar-refractivity contribution is -0.137. The van der Waals surface area contributed by atoms with Gasteiger partial charge in [0.1, 0.15) is 0 Å². The van der Waals surface area contributed by atoms with Gasteiger partial charge in [-0.05, 0) is 30.4 Å². The Hall–Kier alpha value is -1.52. The minimum Gasteiger partial charge on any atom is -0.481 e. The Bertz CT molecular complexity index is 418. The molecule has 1 rings (SSSR count). The molecule has 0 aliphatic rings. The Morgan fingerprint density at radius 3 is 2.53 bits per heavy atom. The van der Waals surface area contributed by atoms with E-state index in [1.54, 1.807) is 6.92 Å². The highest BCUT2D eigenvalue weighted by Gasteiger charge is 2.17. The number of aliphatic carboxylic acids is 1. The van der Waals surface area contributed by atoms with Gasteiger partial charge >= 0.3 is 5.97 Å². The Balaban J connectivity index is 2.72. The summed E-state index contributed by atoms with van der Waals surface area (Å²) in [7, 11) is 0. The minimum atomic E-state index is -1.48. The van der Waals surface area contributed by atoms with Crippen molar-refractivity contribution in [2.45, 2.75) is 32.1 Å². The van der Waals surface area contributed by atoms with E-state index < -0.39 is 23.4 Å². The van der Waals surface area contributed by atoms with Crippen molar-refractivity contribution in [3.63, 3.8) is 0 Å². The third-order valence-electron chi connectivity index (χ3n) is 2.62. The van der Waals surface area contributed by atoms with Crippen LogP contribution in [0.2, 0.25) is 0 Å². The number of hydrogen-bond acceptors (Lipinski definition) is 1. The predicted octanol–water partition coefficient (Wildman–Crippen LogP) is 3.46. The van der Waals surface area contributed by atoms with Crippen LogP contribution in [0.15, 0.2) is 12.1 Å². The largest absolute Gasteiger partial charge is 0.481 e. The number of benzene rings is 1. The van der Waals surface area contributed by atoms with E-state index in [2.05, 4.69) is 0 Å². The number of carbonyl (C=O) groups is 1. The quantitative estimate of drug-likeness (QED) is 0.808. The molecule has 1 atom stereocenters. The van der Waals surface area contributed by atoms with Crippen molar-refractivity contribution in [3.05, 3.63) is 35.1 Å². The zero-order valence-electron chi connectivity index (χ0n) is 9.34. The number of hydrogen-bond donors (Lipinski definition) is 1. The molecule has 2 nitrogen and oxygen atoms in total. The summed E-state index contributed by atoms with van der Waals surface area (Å²) in [6, 6.07) is 2.07. The molecule has 0 spiro atoms. The smallest absolute Gasteiger partial charge is 0.303 e. The monoisotopic (exact) mass is 246 g/mol. The highest BCUT2D eigenvalue weighted by molar-refractivity contribution is 5.66. The highest BCUT2D eigenvalue weighted by Crippen LogP contribution is 2.26. The van der Waals surface area contributed by atoms with Crippen LogP contribution in [0.1, 0.15) is 37.7 Å². The lowest BCUT2D eigenvalue weighted by atomic mass is 9.95. The van der Waals surface area contributed by atoms with Gasteiger partial charge in [-0.25, -0.2) is 13.2 Å². The van der Waals surface area contributed by atoms with Gasteiger partial charge in [0.15, 0.2) is 17.5 Å². The molecule has 0 bridgehead atoms. The maximum absolute atomic E-state index is 13.4. The Labute approximate surface area is 97.1 Å². The van der Waals surface area contributed by atoms with Gasteiger partial charge < -0.3 is 5.11 Å². The topological polar surface area (TPSA) is 37.3 Å². The van der Waals surface area contributed by atoms with Crippen LogP contribution >= 0.6 is 0 Å². The van der Waals surface area contributed by atoms with Crippen molar-refractivity contribution in [1.29, 1.82) is 0 Å². The van der Waals surface area contributed by atoms with Gasteiger partial charge in [-0.2, -0.15) is 0 Å². The van der Waals surface area contributed by atoms with Crippen LogP contribution in [-0.2, 0) is 4.79 Å². The molecule has 0 radical (unpaired) electrons. The number of carboxylic acid groups (broad SMARTS) is 1. The van der Waals surface area contributed by atoms with Crippen LogP contribution < -0.4 is 0 Å². The zero-order chi connectivity index (χ0) is 13.0. The van der Waals surface area contributed by atoms with Gasteiger partial charge in [0.05, 0.1) is 0 Å². The molecule has 1 N–H and O–H groups in total. The molecule has 0 aromatic heterocycles. The summed E-state index contributed by atoms with van der Waals surface area (Å²) < 4.78 is 39.0. The molecule has 0 fully saturated rings. The fraction of sp³-hybridized carbons (Fsp3) is 0.417. The van der Waals surface area contributed by atoms with Crippen molar-refractivity contribution < 1.29 is 23.1 Å². The number of halogens is 3. The van der Waals surface area contributed by atoms with Gasteiger partial charge in [0, 0.05) is 6.42 Å². The van der Waals surface area contributed by atoms with E-state index in [1.807, 2.05) is 0 Å². The molecule has 0 saturated carbocycles. The molecule has 5 heteroatoms. The SMILES string of the molecule is CC(CCCC(=O)O)c1ccc(F)c(F)c1F. The molecular formula is C12H13F3O2. The van der Waals surface area contributed by atoms with Crippen molar-refractivity contribution >= 4 is 5.97 Å². The molecule has 0 aliphatic heterocycles. The Kier molecular flexibility index (Phi) is 4.54. The Morgan fingerprint density at radius 2 is 1.94 bits per heavy atom.